The number of hydrogen-bond donors (Lipinski definition) is 1. The summed E-state index contributed by atoms with van der Waals surface area (Å²) in [7, 11) is 0. The molecule has 0 spiro atoms. The molecule has 0 amide bonds. The maximum atomic E-state index is 12.1. The molecule has 29 heavy (non-hydrogen) atoms. The third kappa shape index (κ3) is 3.26. The SMILES string of the molecule is Cc1cc2oc3cc(=O)c(Cl)cc-3c(-c3c(Cl)ccc(Cl)c3C(=O)O)c2cc1Cl. The molecular weight excluding hydrogens is 458 g/mol. The largest absolute Gasteiger partial charge is 0.478 e. The number of rotatable bonds is 2. The highest BCUT2D eigenvalue weighted by molar-refractivity contribution is 6.39. The fourth-order valence-electron chi connectivity index (χ4n) is 3.29. The Balaban J connectivity index is 2.32. The van der Waals surface area contributed by atoms with Crippen molar-refractivity contribution >= 4 is 63.3 Å². The van der Waals surface area contributed by atoms with Crippen LogP contribution in [0.15, 0.2) is 45.6 Å². The van der Waals surface area contributed by atoms with E-state index in [1.54, 1.807) is 19.1 Å². The molecule has 0 aromatic heterocycles. The lowest BCUT2D eigenvalue weighted by Gasteiger charge is -2.19. The van der Waals surface area contributed by atoms with E-state index < -0.39 is 11.4 Å². The van der Waals surface area contributed by atoms with Gasteiger partial charge in [-0.25, -0.2) is 4.79 Å². The van der Waals surface area contributed by atoms with Crippen LogP contribution >= 0.6 is 46.4 Å². The van der Waals surface area contributed by atoms with Crippen molar-refractivity contribution in [2.45, 2.75) is 6.92 Å². The Morgan fingerprint density at radius 3 is 2.28 bits per heavy atom. The fourth-order valence-corrected chi connectivity index (χ4v) is 4.11. The summed E-state index contributed by atoms with van der Waals surface area (Å²) in [4.78, 5) is 24.1. The van der Waals surface area contributed by atoms with E-state index in [2.05, 4.69) is 0 Å². The van der Waals surface area contributed by atoms with Crippen LogP contribution in [0.1, 0.15) is 15.9 Å². The third-order valence-electron chi connectivity index (χ3n) is 4.62. The summed E-state index contributed by atoms with van der Waals surface area (Å²) in [6.07, 6.45) is 0. The van der Waals surface area contributed by atoms with Crippen molar-refractivity contribution in [3.05, 3.63) is 77.8 Å². The van der Waals surface area contributed by atoms with Gasteiger partial charge >= 0.3 is 5.97 Å². The third-order valence-corrected chi connectivity index (χ3v) is 5.95. The zero-order valence-corrected chi connectivity index (χ0v) is 17.7. The minimum Gasteiger partial charge on any atom is -0.478 e. The molecule has 146 valence electrons. The number of benzene rings is 3. The van der Waals surface area contributed by atoms with E-state index >= 15 is 0 Å². The molecule has 1 N–H and O–H groups in total. The zero-order chi connectivity index (χ0) is 21.0. The van der Waals surface area contributed by atoms with Crippen LogP contribution in [0, 0.1) is 6.92 Å². The molecule has 0 bridgehead atoms. The first-order chi connectivity index (χ1) is 13.7. The van der Waals surface area contributed by atoms with Crippen molar-refractivity contribution in [3.8, 4) is 22.5 Å². The van der Waals surface area contributed by atoms with Crippen LogP contribution in [-0.4, -0.2) is 11.1 Å². The number of carboxylic acid groups (broad SMARTS) is 1. The van der Waals surface area contributed by atoms with Crippen LogP contribution in [0.25, 0.3) is 33.4 Å². The first-order valence-electron chi connectivity index (χ1n) is 8.27. The quantitative estimate of drug-likeness (QED) is 0.317. The van der Waals surface area contributed by atoms with Gasteiger partial charge in [-0.1, -0.05) is 46.4 Å². The second-order valence-corrected chi connectivity index (χ2v) is 8.07. The maximum absolute atomic E-state index is 12.1. The molecule has 0 unspecified atom stereocenters. The van der Waals surface area contributed by atoms with Crippen LogP contribution in [0.3, 0.4) is 0 Å². The van der Waals surface area contributed by atoms with E-state index in [9.17, 15) is 14.7 Å². The topological polar surface area (TPSA) is 67.5 Å². The van der Waals surface area contributed by atoms with Crippen molar-refractivity contribution in [1.82, 2.24) is 0 Å². The molecule has 4 nitrogen and oxygen atoms in total. The minimum absolute atomic E-state index is 0.0174. The lowest BCUT2D eigenvalue weighted by molar-refractivity contribution is 0.0698. The van der Waals surface area contributed by atoms with E-state index in [-0.39, 0.29) is 32.0 Å². The maximum Gasteiger partial charge on any atom is 0.337 e. The second kappa shape index (κ2) is 7.22. The van der Waals surface area contributed by atoms with Crippen molar-refractivity contribution in [3.63, 3.8) is 0 Å². The van der Waals surface area contributed by atoms with Crippen molar-refractivity contribution < 1.29 is 14.3 Å². The molecule has 1 aliphatic carbocycles. The number of aromatic carboxylic acids is 1. The van der Waals surface area contributed by atoms with E-state index in [0.717, 1.165) is 5.56 Å². The van der Waals surface area contributed by atoms with Gasteiger partial charge in [0.1, 0.15) is 11.3 Å². The van der Waals surface area contributed by atoms with Gasteiger partial charge in [0.15, 0.2) is 0 Å². The van der Waals surface area contributed by atoms with Gasteiger partial charge in [0.2, 0.25) is 5.43 Å². The van der Waals surface area contributed by atoms with Crippen molar-refractivity contribution in [1.29, 1.82) is 0 Å². The zero-order valence-electron chi connectivity index (χ0n) is 14.6. The Morgan fingerprint density at radius 2 is 1.59 bits per heavy atom. The minimum atomic E-state index is -1.25. The number of carboxylic acids is 1. The predicted octanol–water partition coefficient (Wildman–Crippen LogP) is 7.19. The van der Waals surface area contributed by atoms with Crippen molar-refractivity contribution in [2.24, 2.45) is 0 Å². The monoisotopic (exact) mass is 466 g/mol. The summed E-state index contributed by atoms with van der Waals surface area (Å²) in [5, 5.41) is 10.9. The van der Waals surface area contributed by atoms with Crippen molar-refractivity contribution in [2.75, 3.05) is 0 Å². The molecule has 4 rings (SSSR count). The van der Waals surface area contributed by atoms with Gasteiger partial charge in [-0.2, -0.15) is 0 Å². The average Bonchev–Trinajstić information content (AvgIpc) is 2.64. The molecule has 0 radical (unpaired) electrons. The highest BCUT2D eigenvalue weighted by Gasteiger charge is 2.26. The van der Waals surface area contributed by atoms with Gasteiger partial charge in [0, 0.05) is 38.2 Å². The van der Waals surface area contributed by atoms with Crippen LogP contribution < -0.4 is 5.43 Å². The standard InChI is InChI=1S/C21H10Cl4O4/c1-8-4-16-9(5-13(8)24)18(10-6-14(25)15(26)7-17(10)29-16)19-11(22)2-3-12(23)20(19)21(27)28/h2-7H,1H3,(H,27,28). The lowest BCUT2D eigenvalue weighted by atomic mass is 9.90. The van der Waals surface area contributed by atoms with Gasteiger partial charge in [-0.15, -0.1) is 0 Å². The Kier molecular flexibility index (Phi) is 4.99. The molecule has 8 heteroatoms. The molecule has 1 heterocycles. The first-order valence-corrected chi connectivity index (χ1v) is 9.78. The lowest BCUT2D eigenvalue weighted by Crippen LogP contribution is -2.06. The predicted molar refractivity (Wildman–Crippen MR) is 116 cm³/mol. The number of fused-ring (bicyclic) bond motifs is 2. The molecule has 1 aliphatic heterocycles. The van der Waals surface area contributed by atoms with E-state index in [1.165, 1.54) is 24.3 Å². The van der Waals surface area contributed by atoms with Gasteiger partial charge < -0.3 is 9.52 Å². The molecule has 0 saturated carbocycles. The Labute approximate surface area is 184 Å². The van der Waals surface area contributed by atoms with Gasteiger partial charge in [-0.3, -0.25) is 4.79 Å². The van der Waals surface area contributed by atoms with Gasteiger partial charge in [-0.05, 0) is 42.8 Å². The summed E-state index contributed by atoms with van der Waals surface area (Å²) in [6.45, 7) is 1.80. The fraction of sp³-hybridized carbons (Fsp3) is 0.0476. The Morgan fingerprint density at radius 1 is 0.897 bits per heavy atom. The number of hydrogen-bond acceptors (Lipinski definition) is 3. The molecule has 0 atom stereocenters. The Bertz CT molecular complexity index is 1360. The first kappa shape index (κ1) is 20.0. The number of aryl methyl sites for hydroxylation is 1. The summed E-state index contributed by atoms with van der Waals surface area (Å²) in [6, 6.07) is 8.96. The van der Waals surface area contributed by atoms with Crippen LogP contribution in [0.5, 0.6) is 0 Å². The highest BCUT2D eigenvalue weighted by atomic mass is 35.5. The van der Waals surface area contributed by atoms with E-state index in [1.807, 2.05) is 0 Å². The molecule has 2 aliphatic rings. The molecular formula is C21H10Cl4O4. The van der Waals surface area contributed by atoms with Gasteiger partial charge in [0.25, 0.3) is 0 Å². The van der Waals surface area contributed by atoms with Crippen LogP contribution in [0.4, 0.5) is 0 Å². The molecule has 2 aromatic carbocycles. The van der Waals surface area contributed by atoms with E-state index in [0.29, 0.717) is 27.1 Å². The summed E-state index contributed by atoms with van der Waals surface area (Å²) >= 11 is 25.0. The molecule has 0 fully saturated rings. The smallest absolute Gasteiger partial charge is 0.337 e. The summed E-state index contributed by atoms with van der Waals surface area (Å²) in [5.74, 6) is -1.02. The summed E-state index contributed by atoms with van der Waals surface area (Å²) < 4.78 is 5.91. The highest BCUT2D eigenvalue weighted by Crippen LogP contribution is 2.46. The normalized spacial score (nSPS) is 11.3. The summed E-state index contributed by atoms with van der Waals surface area (Å²) in [5.41, 5.74) is 1.57. The van der Waals surface area contributed by atoms with E-state index in [4.69, 9.17) is 50.8 Å². The molecule has 0 saturated heterocycles. The van der Waals surface area contributed by atoms with Crippen LogP contribution in [-0.2, 0) is 0 Å². The number of halogens is 4. The van der Waals surface area contributed by atoms with Gasteiger partial charge in [0.05, 0.1) is 15.6 Å². The Hall–Kier alpha value is -2.24. The molecule has 2 aromatic rings. The second-order valence-electron chi connectivity index (χ2n) is 6.44. The average molecular weight is 468 g/mol. The number of carbonyl (C=O) groups is 1. The van der Waals surface area contributed by atoms with Crippen LogP contribution in [0.2, 0.25) is 20.1 Å².